The standard InChI is InChI=1S/C14H23N5/c1-3-19(4-2)9-5-8-16-14-17-12-7-6-11(15)10-13(12)18-14/h6-7,10H,3-5,8-9,15H2,1-2H3,(H2,16,17,18). The Bertz CT molecular complexity index is 516. The van der Waals surface area contributed by atoms with E-state index in [-0.39, 0.29) is 0 Å². The molecular formula is C14H23N5. The van der Waals surface area contributed by atoms with Gasteiger partial charge in [-0.3, -0.25) is 0 Å². The van der Waals surface area contributed by atoms with Crippen LogP contribution >= 0.6 is 0 Å². The number of benzene rings is 1. The number of rotatable bonds is 7. The largest absolute Gasteiger partial charge is 0.399 e. The second-order valence-electron chi connectivity index (χ2n) is 4.67. The van der Waals surface area contributed by atoms with Crippen LogP contribution in [0.5, 0.6) is 0 Å². The monoisotopic (exact) mass is 261 g/mol. The summed E-state index contributed by atoms with van der Waals surface area (Å²) < 4.78 is 0. The molecule has 0 aliphatic rings. The topological polar surface area (TPSA) is 70.0 Å². The van der Waals surface area contributed by atoms with Crippen molar-refractivity contribution >= 4 is 22.7 Å². The molecule has 0 amide bonds. The molecule has 104 valence electrons. The number of hydrogen-bond donors (Lipinski definition) is 3. The predicted octanol–water partition coefficient (Wildman–Crippen LogP) is 2.29. The van der Waals surface area contributed by atoms with Crippen LogP contribution in [-0.2, 0) is 0 Å². The van der Waals surface area contributed by atoms with E-state index >= 15 is 0 Å². The van der Waals surface area contributed by atoms with Crippen molar-refractivity contribution in [2.75, 3.05) is 37.2 Å². The molecule has 0 aliphatic carbocycles. The first kappa shape index (κ1) is 13.7. The number of hydrogen-bond acceptors (Lipinski definition) is 4. The number of aromatic nitrogens is 2. The van der Waals surface area contributed by atoms with Gasteiger partial charge in [0.05, 0.1) is 11.0 Å². The van der Waals surface area contributed by atoms with E-state index in [0.29, 0.717) is 0 Å². The number of nitrogens with one attached hydrogen (secondary N) is 2. The van der Waals surface area contributed by atoms with Gasteiger partial charge in [-0.2, -0.15) is 0 Å². The van der Waals surface area contributed by atoms with Crippen molar-refractivity contribution in [1.82, 2.24) is 14.9 Å². The zero-order chi connectivity index (χ0) is 13.7. The Labute approximate surface area is 114 Å². The number of nitrogens with two attached hydrogens (primary N) is 1. The molecule has 19 heavy (non-hydrogen) atoms. The van der Waals surface area contributed by atoms with E-state index in [1.54, 1.807) is 0 Å². The van der Waals surface area contributed by atoms with Gasteiger partial charge >= 0.3 is 0 Å². The molecule has 0 saturated heterocycles. The molecule has 4 N–H and O–H groups in total. The lowest BCUT2D eigenvalue weighted by atomic mass is 10.3. The summed E-state index contributed by atoms with van der Waals surface area (Å²) >= 11 is 0. The van der Waals surface area contributed by atoms with E-state index < -0.39 is 0 Å². The number of fused-ring (bicyclic) bond motifs is 1. The van der Waals surface area contributed by atoms with Gasteiger partial charge in [-0.05, 0) is 44.3 Å². The molecule has 1 heterocycles. The van der Waals surface area contributed by atoms with Crippen molar-refractivity contribution in [3.8, 4) is 0 Å². The Morgan fingerprint density at radius 1 is 1.32 bits per heavy atom. The molecule has 5 heteroatoms. The van der Waals surface area contributed by atoms with Crippen LogP contribution in [-0.4, -0.2) is 41.0 Å². The fourth-order valence-corrected chi connectivity index (χ4v) is 2.16. The number of aromatic amines is 1. The number of nitrogen functional groups attached to an aromatic ring is 1. The minimum atomic E-state index is 0.754. The maximum Gasteiger partial charge on any atom is 0.201 e. The Hall–Kier alpha value is -1.75. The molecule has 5 nitrogen and oxygen atoms in total. The highest BCUT2D eigenvalue weighted by molar-refractivity contribution is 5.80. The summed E-state index contributed by atoms with van der Waals surface area (Å²) in [4.78, 5) is 10.1. The molecule has 0 fully saturated rings. The molecule has 0 atom stereocenters. The van der Waals surface area contributed by atoms with Gasteiger partial charge < -0.3 is 20.9 Å². The highest BCUT2D eigenvalue weighted by Gasteiger charge is 2.03. The third-order valence-electron chi connectivity index (χ3n) is 3.34. The van der Waals surface area contributed by atoms with Crippen LogP contribution in [0.15, 0.2) is 18.2 Å². The van der Waals surface area contributed by atoms with Crippen molar-refractivity contribution in [3.63, 3.8) is 0 Å². The first-order valence-electron chi connectivity index (χ1n) is 6.94. The third-order valence-corrected chi connectivity index (χ3v) is 3.34. The average molecular weight is 261 g/mol. The van der Waals surface area contributed by atoms with Gasteiger partial charge in [0.2, 0.25) is 5.95 Å². The minimum Gasteiger partial charge on any atom is -0.399 e. The fraction of sp³-hybridized carbons (Fsp3) is 0.500. The normalized spacial score (nSPS) is 11.3. The van der Waals surface area contributed by atoms with E-state index in [9.17, 15) is 0 Å². The third kappa shape index (κ3) is 3.61. The van der Waals surface area contributed by atoms with Gasteiger partial charge in [0, 0.05) is 12.2 Å². The van der Waals surface area contributed by atoms with E-state index in [2.05, 4.69) is 34.0 Å². The van der Waals surface area contributed by atoms with Gasteiger partial charge in [0.25, 0.3) is 0 Å². The van der Waals surface area contributed by atoms with Crippen molar-refractivity contribution < 1.29 is 0 Å². The Kier molecular flexibility index (Phi) is 4.63. The highest BCUT2D eigenvalue weighted by atomic mass is 15.1. The van der Waals surface area contributed by atoms with Crippen molar-refractivity contribution in [1.29, 1.82) is 0 Å². The highest BCUT2D eigenvalue weighted by Crippen LogP contribution is 2.16. The summed E-state index contributed by atoms with van der Waals surface area (Å²) in [6, 6.07) is 5.71. The first-order chi connectivity index (χ1) is 9.22. The van der Waals surface area contributed by atoms with Gasteiger partial charge in [-0.1, -0.05) is 13.8 Å². The summed E-state index contributed by atoms with van der Waals surface area (Å²) in [5.41, 5.74) is 8.42. The van der Waals surface area contributed by atoms with Crippen molar-refractivity contribution in [2.24, 2.45) is 0 Å². The Balaban J connectivity index is 1.84. The lowest BCUT2D eigenvalue weighted by Crippen LogP contribution is -2.25. The van der Waals surface area contributed by atoms with E-state index in [1.165, 1.54) is 0 Å². The van der Waals surface area contributed by atoms with Gasteiger partial charge in [0.15, 0.2) is 0 Å². The first-order valence-corrected chi connectivity index (χ1v) is 6.94. The molecule has 1 aromatic carbocycles. The quantitative estimate of drug-likeness (QED) is 0.528. The number of imidazole rings is 1. The molecule has 0 saturated carbocycles. The average Bonchev–Trinajstić information content (AvgIpc) is 2.80. The minimum absolute atomic E-state index is 0.754. The lowest BCUT2D eigenvalue weighted by molar-refractivity contribution is 0.303. The van der Waals surface area contributed by atoms with Gasteiger partial charge in [-0.15, -0.1) is 0 Å². The van der Waals surface area contributed by atoms with Crippen LogP contribution in [0.25, 0.3) is 11.0 Å². The van der Waals surface area contributed by atoms with Crippen molar-refractivity contribution in [2.45, 2.75) is 20.3 Å². The van der Waals surface area contributed by atoms with Crippen LogP contribution < -0.4 is 11.1 Å². The predicted molar refractivity (Wildman–Crippen MR) is 81.4 cm³/mol. The van der Waals surface area contributed by atoms with Crippen LogP contribution in [0.4, 0.5) is 11.6 Å². The molecule has 0 radical (unpaired) electrons. The van der Waals surface area contributed by atoms with E-state index in [4.69, 9.17) is 5.73 Å². The number of H-pyrrole nitrogens is 1. The van der Waals surface area contributed by atoms with Gasteiger partial charge in [-0.25, -0.2) is 4.98 Å². The van der Waals surface area contributed by atoms with E-state index in [0.717, 1.165) is 55.3 Å². The van der Waals surface area contributed by atoms with Crippen LogP contribution in [0, 0.1) is 0 Å². The summed E-state index contributed by atoms with van der Waals surface area (Å²) in [6.45, 7) is 8.65. The SMILES string of the molecule is CCN(CC)CCCNc1nc2ccc(N)cc2[nH]1. The van der Waals surface area contributed by atoms with Crippen LogP contribution in [0.2, 0.25) is 0 Å². The lowest BCUT2D eigenvalue weighted by Gasteiger charge is -2.17. The Morgan fingerprint density at radius 3 is 2.84 bits per heavy atom. The second kappa shape index (κ2) is 6.43. The summed E-state index contributed by atoms with van der Waals surface area (Å²) in [5, 5.41) is 3.32. The molecule has 2 rings (SSSR count). The molecule has 0 aliphatic heterocycles. The fourth-order valence-electron chi connectivity index (χ4n) is 2.16. The maximum atomic E-state index is 5.74. The molecular weight excluding hydrogens is 238 g/mol. The van der Waals surface area contributed by atoms with Crippen LogP contribution in [0.3, 0.4) is 0 Å². The zero-order valence-corrected chi connectivity index (χ0v) is 11.7. The smallest absolute Gasteiger partial charge is 0.201 e. The maximum absolute atomic E-state index is 5.74. The molecule has 0 bridgehead atoms. The molecule has 1 aromatic heterocycles. The van der Waals surface area contributed by atoms with Crippen LogP contribution in [0.1, 0.15) is 20.3 Å². The Morgan fingerprint density at radius 2 is 2.11 bits per heavy atom. The van der Waals surface area contributed by atoms with Crippen molar-refractivity contribution in [3.05, 3.63) is 18.2 Å². The molecule has 0 spiro atoms. The summed E-state index contributed by atoms with van der Waals surface area (Å²) in [5.74, 6) is 0.820. The van der Waals surface area contributed by atoms with Gasteiger partial charge in [0.1, 0.15) is 0 Å². The number of anilines is 2. The second-order valence-corrected chi connectivity index (χ2v) is 4.67. The molecule has 0 unspecified atom stereocenters. The zero-order valence-electron chi connectivity index (χ0n) is 11.7. The summed E-state index contributed by atoms with van der Waals surface area (Å²) in [6.07, 6.45) is 1.11. The molecule has 2 aromatic rings. The summed E-state index contributed by atoms with van der Waals surface area (Å²) in [7, 11) is 0. The number of nitrogens with zero attached hydrogens (tertiary/aromatic N) is 2. The van der Waals surface area contributed by atoms with E-state index in [1.807, 2.05) is 18.2 Å².